The summed E-state index contributed by atoms with van der Waals surface area (Å²) in [5.41, 5.74) is 1.17. The van der Waals surface area contributed by atoms with Gasteiger partial charge in [0.25, 0.3) is 0 Å². The van der Waals surface area contributed by atoms with E-state index in [4.69, 9.17) is 4.74 Å². The third kappa shape index (κ3) is 2.35. The van der Waals surface area contributed by atoms with E-state index in [1.54, 1.807) is 0 Å². The summed E-state index contributed by atoms with van der Waals surface area (Å²) in [4.78, 5) is 11.9. The van der Waals surface area contributed by atoms with Crippen molar-refractivity contribution in [2.75, 3.05) is 6.61 Å². The molecule has 4 bridgehead atoms. The number of carbonyl (C=O) groups is 1. The van der Waals surface area contributed by atoms with Gasteiger partial charge in [0.05, 0.1) is 12.0 Å². The SMILES string of the molecule is C/C(=C\C1C2CC3CC(C2)CC1C3)CC1(C)CCOC1=O. The summed E-state index contributed by atoms with van der Waals surface area (Å²) in [5.74, 6) is 4.79. The summed E-state index contributed by atoms with van der Waals surface area (Å²) >= 11 is 0. The molecule has 0 aromatic carbocycles. The van der Waals surface area contributed by atoms with Crippen LogP contribution < -0.4 is 0 Å². The molecule has 0 aromatic heterocycles. The van der Waals surface area contributed by atoms with E-state index in [0.29, 0.717) is 6.61 Å². The Morgan fingerprint density at radius 2 is 1.81 bits per heavy atom. The monoisotopic (exact) mass is 288 g/mol. The van der Waals surface area contributed by atoms with Crippen molar-refractivity contribution in [1.29, 1.82) is 0 Å². The Kier molecular flexibility index (Phi) is 3.20. The number of carbonyl (C=O) groups excluding carboxylic acids is 1. The molecule has 0 N–H and O–H groups in total. The molecule has 0 amide bonds. The van der Waals surface area contributed by atoms with Gasteiger partial charge in [-0.2, -0.15) is 0 Å². The van der Waals surface area contributed by atoms with Crippen molar-refractivity contribution < 1.29 is 9.53 Å². The number of rotatable bonds is 3. The maximum Gasteiger partial charge on any atom is 0.312 e. The van der Waals surface area contributed by atoms with Gasteiger partial charge in [0.1, 0.15) is 0 Å². The fraction of sp³-hybridized carbons (Fsp3) is 0.842. The average Bonchev–Trinajstić information content (AvgIpc) is 2.72. The van der Waals surface area contributed by atoms with Crippen LogP contribution in [0.15, 0.2) is 11.6 Å². The first-order valence-corrected chi connectivity index (χ1v) is 8.88. The van der Waals surface area contributed by atoms with Crippen LogP contribution in [0.2, 0.25) is 0 Å². The van der Waals surface area contributed by atoms with Crippen molar-refractivity contribution >= 4 is 5.97 Å². The minimum absolute atomic E-state index is 0.0142. The quantitative estimate of drug-likeness (QED) is 0.570. The predicted octanol–water partition coefficient (Wildman–Crippen LogP) is 4.35. The highest BCUT2D eigenvalue weighted by Gasteiger charge is 2.47. The highest BCUT2D eigenvalue weighted by Crippen LogP contribution is 2.57. The van der Waals surface area contributed by atoms with Gasteiger partial charge in [0.15, 0.2) is 0 Å². The molecule has 5 aliphatic rings. The van der Waals surface area contributed by atoms with E-state index in [-0.39, 0.29) is 11.4 Å². The van der Waals surface area contributed by atoms with Crippen molar-refractivity contribution in [2.24, 2.45) is 35.0 Å². The minimum atomic E-state index is -0.257. The predicted molar refractivity (Wildman–Crippen MR) is 82.6 cm³/mol. The molecule has 5 rings (SSSR count). The minimum Gasteiger partial charge on any atom is -0.465 e. The number of allylic oxidation sites excluding steroid dienone is 2. The lowest BCUT2D eigenvalue weighted by Crippen LogP contribution is -2.44. The molecular weight excluding hydrogens is 260 g/mol. The van der Waals surface area contributed by atoms with Gasteiger partial charge >= 0.3 is 5.97 Å². The zero-order valence-electron chi connectivity index (χ0n) is 13.4. The van der Waals surface area contributed by atoms with E-state index in [1.807, 2.05) is 0 Å². The molecule has 21 heavy (non-hydrogen) atoms. The van der Waals surface area contributed by atoms with Crippen molar-refractivity contribution in [2.45, 2.75) is 58.8 Å². The van der Waals surface area contributed by atoms with Crippen molar-refractivity contribution in [3.05, 3.63) is 11.6 Å². The molecule has 4 saturated carbocycles. The van der Waals surface area contributed by atoms with Gasteiger partial charge in [-0.3, -0.25) is 4.79 Å². The molecule has 0 spiro atoms. The maximum absolute atomic E-state index is 11.9. The van der Waals surface area contributed by atoms with Crippen molar-refractivity contribution in [1.82, 2.24) is 0 Å². The van der Waals surface area contributed by atoms with Gasteiger partial charge in [-0.15, -0.1) is 0 Å². The van der Waals surface area contributed by atoms with E-state index in [1.165, 1.54) is 37.7 Å². The second-order valence-electron chi connectivity index (χ2n) is 8.64. The summed E-state index contributed by atoms with van der Waals surface area (Å²) in [7, 11) is 0. The fourth-order valence-corrected chi connectivity index (χ4v) is 6.05. The second-order valence-corrected chi connectivity index (χ2v) is 8.64. The molecule has 116 valence electrons. The van der Waals surface area contributed by atoms with Gasteiger partial charge < -0.3 is 4.74 Å². The summed E-state index contributed by atoms with van der Waals surface area (Å²) in [6.45, 7) is 4.93. The Morgan fingerprint density at radius 1 is 1.19 bits per heavy atom. The molecule has 1 atom stereocenters. The van der Waals surface area contributed by atoms with Crippen LogP contribution in [0.1, 0.15) is 58.8 Å². The number of ether oxygens (including phenoxy) is 1. The van der Waals surface area contributed by atoms with Gasteiger partial charge in [-0.1, -0.05) is 11.6 Å². The summed E-state index contributed by atoms with van der Waals surface area (Å²) < 4.78 is 5.19. The van der Waals surface area contributed by atoms with Crippen LogP contribution in [0.3, 0.4) is 0 Å². The van der Waals surface area contributed by atoms with Crippen LogP contribution in [-0.2, 0) is 9.53 Å². The van der Waals surface area contributed by atoms with E-state index in [2.05, 4.69) is 19.9 Å². The Labute approximate surface area is 128 Å². The molecule has 0 radical (unpaired) electrons. The van der Waals surface area contributed by atoms with E-state index >= 15 is 0 Å². The largest absolute Gasteiger partial charge is 0.465 e. The van der Waals surface area contributed by atoms with E-state index < -0.39 is 0 Å². The highest BCUT2D eigenvalue weighted by atomic mass is 16.5. The summed E-state index contributed by atoms with van der Waals surface area (Å²) in [6, 6.07) is 0. The Hall–Kier alpha value is -0.790. The lowest BCUT2D eigenvalue weighted by atomic mass is 9.51. The second kappa shape index (κ2) is 4.86. The lowest BCUT2D eigenvalue weighted by Gasteiger charge is -2.54. The first kappa shape index (κ1) is 13.8. The van der Waals surface area contributed by atoms with Crippen LogP contribution in [0.4, 0.5) is 0 Å². The van der Waals surface area contributed by atoms with Crippen molar-refractivity contribution in [3.8, 4) is 0 Å². The molecule has 2 heteroatoms. The van der Waals surface area contributed by atoms with Crippen molar-refractivity contribution in [3.63, 3.8) is 0 Å². The fourth-order valence-electron chi connectivity index (χ4n) is 6.05. The molecule has 4 aliphatic carbocycles. The van der Waals surface area contributed by atoms with Gasteiger partial charge in [-0.05, 0) is 88.4 Å². The number of hydrogen-bond donors (Lipinski definition) is 0. The lowest BCUT2D eigenvalue weighted by molar-refractivity contribution is -0.145. The highest BCUT2D eigenvalue weighted by molar-refractivity contribution is 5.78. The first-order chi connectivity index (χ1) is 10.0. The van der Waals surface area contributed by atoms with Gasteiger partial charge in [0.2, 0.25) is 0 Å². The smallest absolute Gasteiger partial charge is 0.312 e. The number of hydrogen-bond acceptors (Lipinski definition) is 2. The normalized spacial score (nSPS) is 48.8. The Balaban J connectivity index is 1.48. The molecule has 1 aliphatic heterocycles. The first-order valence-electron chi connectivity index (χ1n) is 8.88. The molecule has 1 saturated heterocycles. The van der Waals surface area contributed by atoms with Gasteiger partial charge in [0, 0.05) is 0 Å². The Morgan fingerprint density at radius 3 is 2.33 bits per heavy atom. The molecule has 1 heterocycles. The van der Waals surface area contributed by atoms with Crippen LogP contribution >= 0.6 is 0 Å². The maximum atomic E-state index is 11.9. The van der Waals surface area contributed by atoms with E-state index in [9.17, 15) is 4.79 Å². The topological polar surface area (TPSA) is 26.3 Å². The summed E-state index contributed by atoms with van der Waals surface area (Å²) in [6.07, 6.45) is 11.8. The van der Waals surface area contributed by atoms with Crippen LogP contribution in [-0.4, -0.2) is 12.6 Å². The third-order valence-corrected chi connectivity index (χ3v) is 6.83. The van der Waals surface area contributed by atoms with Crippen LogP contribution in [0, 0.1) is 35.0 Å². The number of esters is 1. The molecule has 2 nitrogen and oxygen atoms in total. The van der Waals surface area contributed by atoms with E-state index in [0.717, 1.165) is 42.4 Å². The average molecular weight is 288 g/mol. The molecule has 5 fully saturated rings. The zero-order chi connectivity index (χ0) is 14.6. The zero-order valence-corrected chi connectivity index (χ0v) is 13.4. The van der Waals surface area contributed by atoms with Gasteiger partial charge in [-0.25, -0.2) is 0 Å². The molecule has 1 unspecified atom stereocenters. The standard InChI is InChI=1S/C19H28O2/c1-12(11-19(2)3-4-21-18(19)20)5-17-15-7-13-6-14(9-15)10-16(17)8-13/h5,13-17H,3-4,6-11H2,1-2H3/b12-5+. The summed E-state index contributed by atoms with van der Waals surface area (Å²) in [5, 5.41) is 0. The number of cyclic esters (lactones) is 1. The Bertz CT molecular complexity index is 450. The molecular formula is C19H28O2. The molecule has 0 aromatic rings. The van der Waals surface area contributed by atoms with Crippen LogP contribution in [0.5, 0.6) is 0 Å². The van der Waals surface area contributed by atoms with Crippen LogP contribution in [0.25, 0.3) is 0 Å². The third-order valence-electron chi connectivity index (χ3n) is 6.83.